The molecule has 1 N–H and O–H groups in total. The molecule has 2 atom stereocenters. The number of hydrogen-bond acceptors (Lipinski definition) is 2. The summed E-state index contributed by atoms with van der Waals surface area (Å²) in [5.41, 5.74) is 0. The Morgan fingerprint density at radius 3 is 2.80 bits per heavy atom. The molecule has 4 heteroatoms. The number of quaternary nitrogens is 1. The summed E-state index contributed by atoms with van der Waals surface area (Å²) in [6.07, 6.45) is 5.58. The maximum Gasteiger partial charge on any atom is 0.264 e. The minimum absolute atomic E-state index is 0.232. The molecule has 3 rings (SSSR count). The minimum atomic E-state index is 0.232. The van der Waals surface area contributed by atoms with Crippen LogP contribution in [0, 0.1) is 5.92 Å². The van der Waals surface area contributed by atoms with Crippen LogP contribution < -0.4 is 4.90 Å². The van der Waals surface area contributed by atoms with E-state index in [1.165, 1.54) is 25.7 Å². The highest BCUT2D eigenvalue weighted by Gasteiger charge is 2.32. The molecule has 2 aliphatic rings. The fraction of sp³-hybridized carbons (Fsp3) is 0.688. The largest absolute Gasteiger partial charge is 0.330 e. The summed E-state index contributed by atoms with van der Waals surface area (Å²) in [4.78, 5) is 17.0. The van der Waals surface area contributed by atoms with Crippen molar-refractivity contribution in [1.82, 2.24) is 4.90 Å². The molecule has 110 valence electrons. The van der Waals surface area contributed by atoms with Crippen LogP contribution in [0.3, 0.4) is 0 Å². The molecule has 0 aromatic carbocycles. The molecule has 0 spiro atoms. The Morgan fingerprint density at radius 1 is 1.35 bits per heavy atom. The lowest BCUT2D eigenvalue weighted by atomic mass is 9.86. The van der Waals surface area contributed by atoms with E-state index in [1.54, 1.807) is 16.2 Å². The monoisotopic (exact) mass is 293 g/mol. The predicted octanol–water partition coefficient (Wildman–Crippen LogP) is 1.67. The van der Waals surface area contributed by atoms with Crippen LogP contribution in [0.15, 0.2) is 17.5 Å². The van der Waals surface area contributed by atoms with Crippen molar-refractivity contribution in [1.29, 1.82) is 0 Å². The first-order valence-electron chi connectivity index (χ1n) is 7.91. The van der Waals surface area contributed by atoms with Crippen LogP contribution in [0.1, 0.15) is 42.3 Å². The van der Waals surface area contributed by atoms with E-state index in [0.29, 0.717) is 0 Å². The van der Waals surface area contributed by atoms with Gasteiger partial charge in [0, 0.05) is 6.42 Å². The molecule has 2 heterocycles. The number of hydrogen-bond donors (Lipinski definition) is 1. The minimum Gasteiger partial charge on any atom is -0.330 e. The lowest BCUT2D eigenvalue weighted by molar-refractivity contribution is -0.930. The van der Waals surface area contributed by atoms with E-state index >= 15 is 0 Å². The van der Waals surface area contributed by atoms with Gasteiger partial charge < -0.3 is 9.80 Å². The molecule has 1 aliphatic heterocycles. The van der Waals surface area contributed by atoms with Gasteiger partial charge in [0.15, 0.2) is 0 Å². The maximum absolute atomic E-state index is 12.3. The van der Waals surface area contributed by atoms with Crippen molar-refractivity contribution in [2.24, 2.45) is 5.92 Å². The first-order valence-corrected chi connectivity index (χ1v) is 8.79. The van der Waals surface area contributed by atoms with Crippen molar-refractivity contribution in [3.63, 3.8) is 0 Å². The zero-order chi connectivity index (χ0) is 13.9. The Bertz CT molecular complexity index is 437. The third-order valence-electron chi connectivity index (χ3n) is 4.94. The number of carbonyl (C=O) groups excluding carboxylic acids is 1. The van der Waals surface area contributed by atoms with E-state index < -0.39 is 0 Å². The van der Waals surface area contributed by atoms with E-state index in [2.05, 4.69) is 6.92 Å². The molecule has 1 aromatic heterocycles. The summed E-state index contributed by atoms with van der Waals surface area (Å²) < 4.78 is 0. The van der Waals surface area contributed by atoms with Crippen molar-refractivity contribution in [2.75, 3.05) is 26.2 Å². The van der Waals surface area contributed by atoms with Crippen molar-refractivity contribution in [2.45, 2.75) is 38.6 Å². The average molecular weight is 293 g/mol. The Balaban J connectivity index is 1.53. The molecule has 1 saturated heterocycles. The first kappa shape index (κ1) is 14.1. The third kappa shape index (κ3) is 3.07. The van der Waals surface area contributed by atoms with Crippen molar-refractivity contribution >= 4 is 17.2 Å². The van der Waals surface area contributed by atoms with E-state index in [9.17, 15) is 4.79 Å². The number of amides is 1. The molecule has 3 nitrogen and oxygen atoms in total. The smallest absolute Gasteiger partial charge is 0.264 e. The number of nitrogens with one attached hydrogen (secondary N) is 1. The highest BCUT2D eigenvalue weighted by molar-refractivity contribution is 7.12. The second-order valence-corrected chi connectivity index (χ2v) is 7.34. The van der Waals surface area contributed by atoms with Crippen molar-refractivity contribution < 1.29 is 9.69 Å². The Hall–Kier alpha value is -0.870. The number of thiophene rings is 1. The molecule has 0 unspecified atom stereocenters. The van der Waals surface area contributed by atoms with E-state index in [1.807, 2.05) is 22.4 Å². The topological polar surface area (TPSA) is 24.8 Å². The van der Waals surface area contributed by atoms with Gasteiger partial charge in [-0.1, -0.05) is 19.4 Å². The Kier molecular flexibility index (Phi) is 4.41. The molecule has 1 aromatic rings. The standard InChI is InChI=1S/C16H24N2OS/c1-13-4-2-5-14(12-13)17-7-9-18(10-8-17)16(19)15-6-3-11-20-15/h3,6,11,13-14H,2,4-5,7-10,12H2,1H3/p+1/t13-,14-/m0/s1. The number of nitrogens with zero attached hydrogens (tertiary/aromatic N) is 1. The molecule has 0 radical (unpaired) electrons. The SMILES string of the molecule is C[C@H]1CCC[C@H]([NH+]2CCN(C(=O)c3cccs3)CC2)C1. The van der Waals surface area contributed by atoms with Crippen LogP contribution in [0.2, 0.25) is 0 Å². The van der Waals surface area contributed by atoms with Crippen LogP contribution >= 0.6 is 11.3 Å². The molecule has 1 aliphatic carbocycles. The number of rotatable bonds is 2. The lowest BCUT2D eigenvalue weighted by Gasteiger charge is -2.39. The average Bonchev–Trinajstić information content (AvgIpc) is 3.01. The van der Waals surface area contributed by atoms with E-state index in [0.717, 1.165) is 43.0 Å². The van der Waals surface area contributed by atoms with Gasteiger partial charge in [-0.25, -0.2) is 0 Å². The molecule has 0 bridgehead atoms. The van der Waals surface area contributed by atoms with Gasteiger partial charge in [-0.3, -0.25) is 4.79 Å². The van der Waals surface area contributed by atoms with Crippen LogP contribution in [0.25, 0.3) is 0 Å². The highest BCUT2D eigenvalue weighted by Crippen LogP contribution is 2.22. The van der Waals surface area contributed by atoms with Crippen LogP contribution in [-0.2, 0) is 0 Å². The zero-order valence-corrected chi connectivity index (χ0v) is 13.1. The summed E-state index contributed by atoms with van der Waals surface area (Å²) in [5.74, 6) is 1.13. The van der Waals surface area contributed by atoms with Crippen molar-refractivity contribution in [3.05, 3.63) is 22.4 Å². The maximum atomic E-state index is 12.3. The summed E-state index contributed by atoms with van der Waals surface area (Å²) in [6.45, 7) is 6.51. The van der Waals surface area contributed by atoms with Gasteiger partial charge in [0.2, 0.25) is 0 Å². The predicted molar refractivity (Wildman–Crippen MR) is 82.3 cm³/mol. The quantitative estimate of drug-likeness (QED) is 0.881. The molecular weight excluding hydrogens is 268 g/mol. The number of piperazine rings is 1. The van der Waals surface area contributed by atoms with Gasteiger partial charge in [-0.05, 0) is 30.2 Å². The summed E-state index contributed by atoms with van der Waals surface area (Å²) in [6, 6.07) is 4.75. The van der Waals surface area contributed by atoms with Gasteiger partial charge >= 0.3 is 0 Å². The second kappa shape index (κ2) is 6.27. The molecule has 2 fully saturated rings. The summed E-state index contributed by atoms with van der Waals surface area (Å²) in [5, 5.41) is 1.98. The summed E-state index contributed by atoms with van der Waals surface area (Å²) >= 11 is 1.56. The molecule has 1 amide bonds. The van der Waals surface area contributed by atoms with Gasteiger partial charge in [-0.15, -0.1) is 11.3 Å². The van der Waals surface area contributed by atoms with Gasteiger partial charge in [-0.2, -0.15) is 0 Å². The van der Waals surface area contributed by atoms with Crippen LogP contribution in [-0.4, -0.2) is 43.0 Å². The van der Waals surface area contributed by atoms with Crippen LogP contribution in [0.5, 0.6) is 0 Å². The third-order valence-corrected chi connectivity index (χ3v) is 5.80. The normalized spacial score (nSPS) is 28.6. The Labute approximate surface area is 125 Å². The Morgan fingerprint density at radius 2 is 2.15 bits per heavy atom. The van der Waals surface area contributed by atoms with E-state index in [-0.39, 0.29) is 5.91 Å². The van der Waals surface area contributed by atoms with Crippen LogP contribution in [0.4, 0.5) is 0 Å². The zero-order valence-electron chi connectivity index (χ0n) is 12.3. The molecule has 1 saturated carbocycles. The lowest BCUT2D eigenvalue weighted by Crippen LogP contribution is -3.18. The van der Waals surface area contributed by atoms with E-state index in [4.69, 9.17) is 0 Å². The van der Waals surface area contributed by atoms with Gasteiger partial charge in [0.05, 0.1) is 37.1 Å². The highest BCUT2D eigenvalue weighted by atomic mass is 32.1. The van der Waals surface area contributed by atoms with Gasteiger partial charge in [0.1, 0.15) is 0 Å². The summed E-state index contributed by atoms with van der Waals surface area (Å²) in [7, 11) is 0. The first-order chi connectivity index (χ1) is 9.74. The fourth-order valence-corrected chi connectivity index (χ4v) is 4.46. The molecule has 20 heavy (non-hydrogen) atoms. The fourth-order valence-electron chi connectivity index (χ4n) is 3.77. The van der Waals surface area contributed by atoms with Gasteiger partial charge in [0.25, 0.3) is 5.91 Å². The second-order valence-electron chi connectivity index (χ2n) is 6.40. The number of carbonyl (C=O) groups is 1. The molecular formula is C16H25N2OS+. The van der Waals surface area contributed by atoms with Crippen molar-refractivity contribution in [3.8, 4) is 0 Å².